The maximum absolute atomic E-state index is 5.63. The molecule has 0 bridgehead atoms. The summed E-state index contributed by atoms with van der Waals surface area (Å²) in [5.74, 6) is 1.84. The van der Waals surface area contributed by atoms with Crippen LogP contribution in [-0.2, 0) is 30.6 Å². The molecule has 0 N–H and O–H groups in total. The summed E-state index contributed by atoms with van der Waals surface area (Å²) in [6.07, 6.45) is 23.4. The number of hydrogen-bond acceptors (Lipinski definition) is 1. The molecule has 1 fully saturated rings. The molecular weight excluding hydrogens is 412 g/mol. The largest absolute Gasteiger partial charge is 0.373 e. The van der Waals surface area contributed by atoms with Crippen molar-refractivity contribution in [2.24, 2.45) is 11.8 Å². The Kier molecular flexibility index (Phi) is 12.2. The van der Waals surface area contributed by atoms with Gasteiger partial charge in [-0.2, -0.15) is 0 Å². The maximum atomic E-state index is 5.63. The zero-order chi connectivity index (χ0) is 23.8. The average molecular weight is 459 g/mol. The molecule has 0 aromatic heterocycles. The van der Waals surface area contributed by atoms with Crippen LogP contribution in [0.15, 0.2) is 72.8 Å². The van der Waals surface area contributed by atoms with Crippen LogP contribution in [0.5, 0.6) is 0 Å². The van der Waals surface area contributed by atoms with Crippen LogP contribution < -0.4 is 0 Å². The first kappa shape index (κ1) is 26.5. The molecule has 0 amide bonds. The van der Waals surface area contributed by atoms with Crippen molar-refractivity contribution in [3.05, 3.63) is 95.1 Å². The second kappa shape index (κ2) is 15.7. The van der Waals surface area contributed by atoms with Crippen molar-refractivity contribution in [1.82, 2.24) is 0 Å². The summed E-state index contributed by atoms with van der Waals surface area (Å²) in [5.41, 5.74) is 5.59. The minimum atomic E-state index is 0.684. The van der Waals surface area contributed by atoms with E-state index in [1.165, 1.54) is 80.0 Å². The number of aryl methyl sites for hydroxylation is 3. The lowest BCUT2D eigenvalue weighted by molar-refractivity contribution is 0.148. The molecule has 0 saturated heterocycles. The highest BCUT2D eigenvalue weighted by molar-refractivity contribution is 5.26. The summed E-state index contributed by atoms with van der Waals surface area (Å²) >= 11 is 0. The highest BCUT2D eigenvalue weighted by Crippen LogP contribution is 2.32. The van der Waals surface area contributed by atoms with E-state index < -0.39 is 0 Å². The quantitative estimate of drug-likeness (QED) is 0.203. The molecule has 1 aliphatic carbocycles. The molecule has 0 radical (unpaired) electrons. The Morgan fingerprint density at radius 1 is 0.735 bits per heavy atom. The smallest absolute Gasteiger partial charge is 0.0721 e. The van der Waals surface area contributed by atoms with Gasteiger partial charge in [-0.1, -0.05) is 92.6 Å². The topological polar surface area (TPSA) is 9.23 Å². The van der Waals surface area contributed by atoms with Gasteiger partial charge in [0.1, 0.15) is 0 Å². The fraction of sp³-hybridized carbons (Fsp3) is 0.515. The molecule has 184 valence electrons. The lowest BCUT2D eigenvalue weighted by Crippen LogP contribution is -2.13. The van der Waals surface area contributed by atoms with Crippen LogP contribution in [0.3, 0.4) is 0 Å². The summed E-state index contributed by atoms with van der Waals surface area (Å²) in [5, 5.41) is 0. The summed E-state index contributed by atoms with van der Waals surface area (Å²) in [7, 11) is 0. The molecule has 0 aliphatic heterocycles. The van der Waals surface area contributed by atoms with Gasteiger partial charge in [0.05, 0.1) is 13.2 Å². The van der Waals surface area contributed by atoms with E-state index in [1.54, 1.807) is 0 Å². The molecule has 0 heterocycles. The highest BCUT2D eigenvalue weighted by atomic mass is 16.5. The summed E-state index contributed by atoms with van der Waals surface area (Å²) in [4.78, 5) is 0. The summed E-state index contributed by atoms with van der Waals surface area (Å²) in [6, 6.07) is 18.3. The zero-order valence-electron chi connectivity index (χ0n) is 21.7. The van der Waals surface area contributed by atoms with Crippen molar-refractivity contribution in [3.8, 4) is 0 Å². The second-order valence-corrected chi connectivity index (χ2v) is 10.1. The highest BCUT2D eigenvalue weighted by Gasteiger charge is 2.18. The van der Waals surface area contributed by atoms with E-state index in [-0.39, 0.29) is 0 Å². The van der Waals surface area contributed by atoms with Crippen LogP contribution in [0.1, 0.15) is 87.5 Å². The van der Waals surface area contributed by atoms with E-state index >= 15 is 0 Å². The van der Waals surface area contributed by atoms with Crippen molar-refractivity contribution < 1.29 is 4.74 Å². The number of ether oxygens (including phenoxy) is 1. The lowest BCUT2D eigenvalue weighted by atomic mass is 9.79. The van der Waals surface area contributed by atoms with Gasteiger partial charge in [-0.3, -0.25) is 0 Å². The monoisotopic (exact) mass is 458 g/mol. The first-order valence-electron chi connectivity index (χ1n) is 13.8. The van der Waals surface area contributed by atoms with Crippen LogP contribution in [-0.4, -0.2) is 6.61 Å². The van der Waals surface area contributed by atoms with Crippen LogP contribution >= 0.6 is 0 Å². The Hall–Kier alpha value is -2.12. The lowest BCUT2D eigenvalue weighted by Gasteiger charge is -2.26. The average Bonchev–Trinajstić information content (AvgIpc) is 2.89. The molecule has 1 nitrogen and oxygen atoms in total. The van der Waals surface area contributed by atoms with E-state index in [2.05, 4.69) is 67.6 Å². The van der Waals surface area contributed by atoms with Gasteiger partial charge in [0, 0.05) is 0 Å². The Morgan fingerprint density at radius 3 is 1.91 bits per heavy atom. The van der Waals surface area contributed by atoms with Crippen LogP contribution in [0.2, 0.25) is 0 Å². The Bertz CT molecular complexity index is 835. The van der Waals surface area contributed by atoms with Gasteiger partial charge in [-0.25, -0.2) is 0 Å². The molecule has 1 saturated carbocycles. The van der Waals surface area contributed by atoms with Gasteiger partial charge in [-0.05, 0) is 98.8 Å². The van der Waals surface area contributed by atoms with E-state index in [0.717, 1.165) is 24.7 Å². The summed E-state index contributed by atoms with van der Waals surface area (Å²) < 4.78 is 5.63. The van der Waals surface area contributed by atoms with Gasteiger partial charge in [0.25, 0.3) is 0 Å². The van der Waals surface area contributed by atoms with Crippen LogP contribution in [0.25, 0.3) is 0 Å². The van der Waals surface area contributed by atoms with Crippen LogP contribution in [0.4, 0.5) is 0 Å². The molecule has 1 aliphatic rings. The first-order valence-corrected chi connectivity index (χ1v) is 13.8. The third kappa shape index (κ3) is 10.0. The Balaban J connectivity index is 1.29. The third-order valence-electron chi connectivity index (χ3n) is 7.33. The molecule has 0 spiro atoms. The minimum absolute atomic E-state index is 0.684. The minimum Gasteiger partial charge on any atom is -0.373 e. The summed E-state index contributed by atoms with van der Waals surface area (Å²) in [6.45, 7) is 5.63. The molecule has 0 unspecified atom stereocenters. The number of benzene rings is 2. The van der Waals surface area contributed by atoms with Gasteiger partial charge in [0.2, 0.25) is 0 Å². The first-order chi connectivity index (χ1) is 16.8. The maximum Gasteiger partial charge on any atom is 0.0721 e. The van der Waals surface area contributed by atoms with Gasteiger partial charge in [-0.15, -0.1) is 0 Å². The van der Waals surface area contributed by atoms with E-state index in [9.17, 15) is 0 Å². The number of unbranched alkanes of at least 4 members (excludes halogenated alkanes) is 1. The van der Waals surface area contributed by atoms with Gasteiger partial charge >= 0.3 is 0 Å². The van der Waals surface area contributed by atoms with Crippen molar-refractivity contribution in [3.63, 3.8) is 0 Å². The van der Waals surface area contributed by atoms with Gasteiger partial charge in [0.15, 0.2) is 0 Å². The third-order valence-corrected chi connectivity index (χ3v) is 7.33. The molecule has 1 heteroatoms. The second-order valence-electron chi connectivity index (χ2n) is 10.1. The molecule has 34 heavy (non-hydrogen) atoms. The van der Waals surface area contributed by atoms with E-state index in [4.69, 9.17) is 4.74 Å². The predicted octanol–water partition coefficient (Wildman–Crippen LogP) is 9.05. The zero-order valence-corrected chi connectivity index (χ0v) is 21.7. The molecule has 2 aromatic rings. The van der Waals surface area contributed by atoms with Gasteiger partial charge < -0.3 is 4.74 Å². The van der Waals surface area contributed by atoms with Crippen molar-refractivity contribution in [2.75, 3.05) is 6.61 Å². The van der Waals surface area contributed by atoms with Crippen LogP contribution in [0, 0.1) is 11.8 Å². The Labute approximate surface area is 209 Å². The van der Waals surface area contributed by atoms with Crippen molar-refractivity contribution in [2.45, 2.75) is 91.1 Å². The number of rotatable bonds is 14. The fourth-order valence-corrected chi connectivity index (χ4v) is 5.06. The van der Waals surface area contributed by atoms with E-state index in [0.29, 0.717) is 13.2 Å². The Morgan fingerprint density at radius 2 is 1.32 bits per heavy atom. The molecule has 3 rings (SSSR count). The SMILES string of the molecule is CC=CCOCc1ccc(CCc2ccc(CCCCC3CCC(C=CCC)CC3)cc2)cc1. The molecular formula is C33H46O. The van der Waals surface area contributed by atoms with E-state index in [1.807, 2.05) is 19.1 Å². The predicted molar refractivity (Wildman–Crippen MR) is 147 cm³/mol. The molecule has 2 aromatic carbocycles. The van der Waals surface area contributed by atoms with Crippen molar-refractivity contribution >= 4 is 0 Å². The number of allylic oxidation sites excluding steroid dienone is 3. The molecule has 0 atom stereocenters. The fourth-order valence-electron chi connectivity index (χ4n) is 5.06. The standard InChI is InChI=1S/C33H46O/c1-3-5-9-28-12-14-29(15-13-28)10-7-8-11-30-16-18-31(19-17-30)20-21-32-22-24-33(25-23-32)27-34-26-6-4-2/h4-6,9,16-19,22-25,28-29H,3,7-8,10-15,20-21,26-27H2,1-2H3. The number of hydrogen-bond donors (Lipinski definition) is 0. The van der Waals surface area contributed by atoms with Crippen molar-refractivity contribution in [1.29, 1.82) is 0 Å². The normalized spacial score (nSPS) is 18.8.